The van der Waals surface area contributed by atoms with Crippen molar-refractivity contribution in [1.82, 2.24) is 5.32 Å². The maximum atomic E-state index is 5.78. The van der Waals surface area contributed by atoms with Crippen LogP contribution in [0.3, 0.4) is 0 Å². The van der Waals surface area contributed by atoms with Gasteiger partial charge in [-0.3, -0.25) is 5.32 Å². The summed E-state index contributed by atoms with van der Waals surface area (Å²) in [4.78, 5) is 2.33. The molecule has 2 aliphatic rings. The topological polar surface area (TPSA) is 53.3 Å². The van der Waals surface area contributed by atoms with Crippen LogP contribution in [-0.2, 0) is 0 Å². The molecule has 0 bridgehead atoms. The lowest BCUT2D eigenvalue weighted by Gasteiger charge is -2.32. The van der Waals surface area contributed by atoms with Gasteiger partial charge in [0.1, 0.15) is 0 Å². The monoisotopic (exact) mass is 190 g/mol. The lowest BCUT2D eigenvalue weighted by Crippen LogP contribution is -2.52. The number of hydrogen-bond acceptors (Lipinski definition) is 4. The standard InChI is InChI=1S/C10H14N4/c11-7-2-3-8-9(6-7)14-5-1-4-12-10(14)13-8/h2-3,6,10,12-13H,1,4-5,11H2. The van der Waals surface area contributed by atoms with Crippen molar-refractivity contribution in [2.24, 2.45) is 0 Å². The molecule has 1 unspecified atom stereocenters. The summed E-state index contributed by atoms with van der Waals surface area (Å²) in [7, 11) is 0. The Kier molecular flexibility index (Phi) is 1.58. The van der Waals surface area contributed by atoms with Gasteiger partial charge >= 0.3 is 0 Å². The van der Waals surface area contributed by atoms with E-state index < -0.39 is 0 Å². The molecular formula is C10H14N4. The van der Waals surface area contributed by atoms with E-state index in [4.69, 9.17) is 5.73 Å². The molecule has 1 aromatic carbocycles. The van der Waals surface area contributed by atoms with E-state index in [1.165, 1.54) is 17.8 Å². The maximum Gasteiger partial charge on any atom is 0.155 e. The SMILES string of the molecule is Nc1ccc2c(c1)N1CCCNC1N2. The molecule has 1 saturated heterocycles. The molecule has 74 valence electrons. The highest BCUT2D eigenvalue weighted by molar-refractivity contribution is 5.79. The number of fused-ring (bicyclic) bond motifs is 3. The predicted molar refractivity (Wildman–Crippen MR) is 58.2 cm³/mol. The Hall–Kier alpha value is -1.42. The van der Waals surface area contributed by atoms with E-state index in [2.05, 4.69) is 15.5 Å². The molecule has 0 radical (unpaired) electrons. The molecule has 14 heavy (non-hydrogen) atoms. The third kappa shape index (κ3) is 1.04. The molecule has 0 amide bonds. The first-order chi connectivity index (χ1) is 6.84. The summed E-state index contributed by atoms with van der Waals surface area (Å²) in [5.41, 5.74) is 9.01. The average molecular weight is 190 g/mol. The number of rotatable bonds is 0. The van der Waals surface area contributed by atoms with Gasteiger partial charge in [0.2, 0.25) is 0 Å². The van der Waals surface area contributed by atoms with Crippen LogP contribution in [0.5, 0.6) is 0 Å². The smallest absolute Gasteiger partial charge is 0.155 e. The fourth-order valence-electron chi connectivity index (χ4n) is 2.17. The minimum absolute atomic E-state index is 0.264. The molecule has 4 N–H and O–H groups in total. The van der Waals surface area contributed by atoms with E-state index in [1.807, 2.05) is 18.2 Å². The van der Waals surface area contributed by atoms with Crippen molar-refractivity contribution in [2.45, 2.75) is 12.7 Å². The van der Waals surface area contributed by atoms with E-state index >= 15 is 0 Å². The van der Waals surface area contributed by atoms with Gasteiger partial charge in [-0.1, -0.05) is 0 Å². The van der Waals surface area contributed by atoms with Crippen LogP contribution in [0.4, 0.5) is 17.1 Å². The molecule has 1 fully saturated rings. The molecule has 4 heteroatoms. The van der Waals surface area contributed by atoms with Crippen LogP contribution in [0.1, 0.15) is 6.42 Å². The van der Waals surface area contributed by atoms with Crippen molar-refractivity contribution in [3.8, 4) is 0 Å². The lowest BCUT2D eigenvalue weighted by molar-refractivity contribution is 0.473. The lowest BCUT2D eigenvalue weighted by atomic mass is 10.2. The number of nitrogen functional groups attached to an aromatic ring is 1. The second-order valence-corrected chi connectivity index (χ2v) is 3.82. The summed E-state index contributed by atoms with van der Waals surface area (Å²) in [6.07, 6.45) is 1.45. The Bertz CT molecular complexity index is 363. The molecule has 0 saturated carbocycles. The van der Waals surface area contributed by atoms with Crippen molar-refractivity contribution in [2.75, 3.05) is 29.0 Å². The second kappa shape index (κ2) is 2.78. The number of nitrogens with two attached hydrogens (primary N) is 1. The normalized spacial score (nSPS) is 24.0. The van der Waals surface area contributed by atoms with Crippen LogP contribution in [-0.4, -0.2) is 19.4 Å². The van der Waals surface area contributed by atoms with Crippen LogP contribution in [0, 0.1) is 0 Å². The highest BCUT2D eigenvalue weighted by atomic mass is 15.4. The van der Waals surface area contributed by atoms with Gasteiger partial charge in [0.15, 0.2) is 6.29 Å². The Morgan fingerprint density at radius 1 is 1.43 bits per heavy atom. The van der Waals surface area contributed by atoms with Gasteiger partial charge in [0.05, 0.1) is 11.4 Å². The largest absolute Gasteiger partial charge is 0.399 e. The Balaban J connectivity index is 2.02. The van der Waals surface area contributed by atoms with Crippen LogP contribution >= 0.6 is 0 Å². The highest BCUT2D eigenvalue weighted by Gasteiger charge is 2.30. The average Bonchev–Trinajstić information content (AvgIpc) is 2.56. The number of nitrogens with one attached hydrogen (secondary N) is 2. The Morgan fingerprint density at radius 3 is 3.29 bits per heavy atom. The molecule has 1 atom stereocenters. The first kappa shape index (κ1) is 7.94. The fraction of sp³-hybridized carbons (Fsp3) is 0.400. The molecular weight excluding hydrogens is 176 g/mol. The zero-order valence-corrected chi connectivity index (χ0v) is 7.96. The quantitative estimate of drug-likeness (QED) is 0.529. The van der Waals surface area contributed by atoms with E-state index in [0.29, 0.717) is 0 Å². The molecule has 3 rings (SSSR count). The van der Waals surface area contributed by atoms with Gasteiger partial charge in [-0.25, -0.2) is 0 Å². The molecule has 0 spiro atoms. The van der Waals surface area contributed by atoms with Crippen molar-refractivity contribution >= 4 is 17.1 Å². The summed E-state index contributed by atoms with van der Waals surface area (Å²) in [5.74, 6) is 0. The van der Waals surface area contributed by atoms with Crippen LogP contribution < -0.4 is 21.3 Å². The zero-order chi connectivity index (χ0) is 9.54. The third-order valence-corrected chi connectivity index (χ3v) is 2.85. The molecule has 1 aromatic rings. The molecule has 2 heterocycles. The molecule has 0 aliphatic carbocycles. The van der Waals surface area contributed by atoms with E-state index in [-0.39, 0.29) is 6.29 Å². The van der Waals surface area contributed by atoms with Gasteiger partial charge in [0.25, 0.3) is 0 Å². The van der Waals surface area contributed by atoms with E-state index in [9.17, 15) is 0 Å². The minimum Gasteiger partial charge on any atom is -0.399 e. The van der Waals surface area contributed by atoms with Crippen molar-refractivity contribution in [3.05, 3.63) is 18.2 Å². The van der Waals surface area contributed by atoms with Gasteiger partial charge in [-0.05, 0) is 24.6 Å². The molecule has 2 aliphatic heterocycles. The summed E-state index contributed by atoms with van der Waals surface area (Å²) >= 11 is 0. The first-order valence-corrected chi connectivity index (χ1v) is 5.01. The van der Waals surface area contributed by atoms with Crippen LogP contribution in [0.25, 0.3) is 0 Å². The van der Waals surface area contributed by atoms with Crippen LogP contribution in [0.15, 0.2) is 18.2 Å². The van der Waals surface area contributed by atoms with E-state index in [1.54, 1.807) is 0 Å². The maximum absolute atomic E-state index is 5.78. The highest BCUT2D eigenvalue weighted by Crippen LogP contribution is 2.36. The summed E-state index contributed by atoms with van der Waals surface area (Å²) in [6.45, 7) is 2.18. The second-order valence-electron chi connectivity index (χ2n) is 3.82. The number of hydrogen-bond donors (Lipinski definition) is 3. The van der Waals surface area contributed by atoms with Crippen molar-refractivity contribution < 1.29 is 0 Å². The van der Waals surface area contributed by atoms with Crippen molar-refractivity contribution in [3.63, 3.8) is 0 Å². The van der Waals surface area contributed by atoms with Crippen LogP contribution in [0.2, 0.25) is 0 Å². The minimum atomic E-state index is 0.264. The predicted octanol–water partition coefficient (Wildman–Crippen LogP) is 0.778. The van der Waals surface area contributed by atoms with E-state index in [0.717, 1.165) is 18.8 Å². The fourth-order valence-corrected chi connectivity index (χ4v) is 2.17. The zero-order valence-electron chi connectivity index (χ0n) is 7.96. The van der Waals surface area contributed by atoms with Gasteiger partial charge in [-0.15, -0.1) is 0 Å². The summed E-state index contributed by atoms with van der Waals surface area (Å²) in [5, 5.41) is 6.84. The number of anilines is 3. The third-order valence-electron chi connectivity index (χ3n) is 2.85. The first-order valence-electron chi connectivity index (χ1n) is 5.01. The van der Waals surface area contributed by atoms with Gasteiger partial charge in [0, 0.05) is 18.8 Å². The van der Waals surface area contributed by atoms with Gasteiger partial charge in [-0.2, -0.15) is 0 Å². The summed E-state index contributed by atoms with van der Waals surface area (Å²) < 4.78 is 0. The Labute approximate surface area is 83.1 Å². The molecule has 0 aromatic heterocycles. The summed E-state index contributed by atoms with van der Waals surface area (Å²) in [6, 6.07) is 6.02. The molecule has 4 nitrogen and oxygen atoms in total. The Morgan fingerprint density at radius 2 is 2.36 bits per heavy atom. The van der Waals surface area contributed by atoms with Gasteiger partial charge < -0.3 is 16.0 Å². The van der Waals surface area contributed by atoms with Crippen molar-refractivity contribution in [1.29, 1.82) is 0 Å². The number of benzene rings is 1. The number of nitrogens with zero attached hydrogens (tertiary/aromatic N) is 1.